The lowest BCUT2D eigenvalue weighted by Gasteiger charge is -2.12. The van der Waals surface area contributed by atoms with Crippen LogP contribution in [0.3, 0.4) is 0 Å². The first kappa shape index (κ1) is 21.4. The van der Waals surface area contributed by atoms with E-state index in [1.807, 2.05) is 0 Å². The molecule has 8 nitrogen and oxygen atoms in total. The molecule has 1 heterocycles. The fourth-order valence-electron chi connectivity index (χ4n) is 2.75. The maximum atomic E-state index is 12.8. The summed E-state index contributed by atoms with van der Waals surface area (Å²) < 4.78 is 6.45. The summed E-state index contributed by atoms with van der Waals surface area (Å²) in [5.74, 6) is -0.578. The van der Waals surface area contributed by atoms with Crippen molar-refractivity contribution < 1.29 is 14.5 Å². The molecule has 1 amide bonds. The van der Waals surface area contributed by atoms with E-state index in [-0.39, 0.29) is 29.2 Å². The summed E-state index contributed by atoms with van der Waals surface area (Å²) in [6.45, 7) is 0.150. The Morgan fingerprint density at radius 3 is 2.63 bits per heavy atom. The monoisotopic (exact) mass is 447 g/mol. The molecule has 0 aliphatic rings. The fourth-order valence-corrected chi connectivity index (χ4v) is 3.22. The molecule has 1 N–H and O–H groups in total. The number of anilines is 1. The summed E-state index contributed by atoms with van der Waals surface area (Å²) in [5.41, 5.74) is 0.0399. The zero-order valence-corrected chi connectivity index (χ0v) is 17.1. The highest BCUT2D eigenvalue weighted by atomic mass is 35.5. The van der Waals surface area contributed by atoms with E-state index < -0.39 is 16.4 Å². The number of methoxy groups -OCH3 is 1. The van der Waals surface area contributed by atoms with Crippen LogP contribution in [0.4, 0.5) is 11.4 Å². The van der Waals surface area contributed by atoms with Gasteiger partial charge >= 0.3 is 0 Å². The van der Waals surface area contributed by atoms with Gasteiger partial charge in [0, 0.05) is 22.3 Å². The van der Waals surface area contributed by atoms with Crippen molar-refractivity contribution in [1.29, 1.82) is 0 Å². The molecule has 3 aromatic rings. The molecule has 10 heteroatoms. The van der Waals surface area contributed by atoms with E-state index in [2.05, 4.69) is 5.32 Å². The molecule has 0 radical (unpaired) electrons. The standard InChI is InChI=1S/C20H15Cl2N3O5/c1-30-18-10-14(25(28)29)6-7-17(18)23-19(26)15-3-2-8-24(20(15)27)11-12-4-5-13(21)9-16(12)22/h2-10H,11H2,1H3,(H,23,26). The first-order chi connectivity index (χ1) is 14.3. The number of nitro groups is 1. The van der Waals surface area contributed by atoms with Crippen molar-refractivity contribution in [2.24, 2.45) is 0 Å². The number of pyridine rings is 1. The van der Waals surface area contributed by atoms with Crippen LogP contribution in [0.5, 0.6) is 5.75 Å². The second-order valence-corrected chi connectivity index (χ2v) is 7.03. The first-order valence-electron chi connectivity index (χ1n) is 8.57. The summed E-state index contributed by atoms with van der Waals surface area (Å²) in [7, 11) is 1.32. The summed E-state index contributed by atoms with van der Waals surface area (Å²) >= 11 is 12.1. The predicted molar refractivity (Wildman–Crippen MR) is 114 cm³/mol. The molecule has 0 spiro atoms. The number of benzene rings is 2. The van der Waals surface area contributed by atoms with Gasteiger partial charge < -0.3 is 14.6 Å². The number of ether oxygens (including phenoxy) is 1. The maximum Gasteiger partial charge on any atom is 0.273 e. The Morgan fingerprint density at radius 1 is 1.20 bits per heavy atom. The Labute approximate surface area is 180 Å². The van der Waals surface area contributed by atoms with Crippen LogP contribution in [0.15, 0.2) is 59.5 Å². The summed E-state index contributed by atoms with van der Waals surface area (Å²) in [4.78, 5) is 35.8. The van der Waals surface area contributed by atoms with Gasteiger partial charge in [-0.2, -0.15) is 0 Å². The lowest BCUT2D eigenvalue weighted by atomic mass is 10.2. The molecular weight excluding hydrogens is 433 g/mol. The van der Waals surface area contributed by atoms with E-state index in [0.29, 0.717) is 15.6 Å². The van der Waals surface area contributed by atoms with Crippen molar-refractivity contribution >= 4 is 40.5 Å². The lowest BCUT2D eigenvalue weighted by Crippen LogP contribution is -2.29. The van der Waals surface area contributed by atoms with Crippen LogP contribution < -0.4 is 15.6 Å². The molecule has 0 atom stereocenters. The van der Waals surface area contributed by atoms with Gasteiger partial charge in [-0.3, -0.25) is 19.7 Å². The zero-order chi connectivity index (χ0) is 21.8. The van der Waals surface area contributed by atoms with Crippen molar-refractivity contribution in [1.82, 2.24) is 4.57 Å². The number of nitro benzene ring substituents is 1. The number of carbonyl (C=O) groups is 1. The van der Waals surface area contributed by atoms with Gasteiger partial charge in [0.15, 0.2) is 0 Å². The van der Waals surface area contributed by atoms with Crippen molar-refractivity contribution in [2.45, 2.75) is 6.54 Å². The van der Waals surface area contributed by atoms with Crippen molar-refractivity contribution in [3.05, 3.63) is 96.4 Å². The molecule has 2 aromatic carbocycles. The number of nitrogens with one attached hydrogen (secondary N) is 1. The molecule has 30 heavy (non-hydrogen) atoms. The zero-order valence-electron chi connectivity index (χ0n) is 15.6. The molecule has 3 rings (SSSR count). The molecule has 0 unspecified atom stereocenters. The Balaban J connectivity index is 1.88. The van der Waals surface area contributed by atoms with E-state index in [1.54, 1.807) is 24.3 Å². The topological polar surface area (TPSA) is 103 Å². The van der Waals surface area contributed by atoms with E-state index in [0.717, 1.165) is 0 Å². The van der Waals surface area contributed by atoms with E-state index in [9.17, 15) is 19.7 Å². The van der Waals surface area contributed by atoms with Gasteiger partial charge in [-0.05, 0) is 35.9 Å². The second kappa shape index (κ2) is 8.98. The van der Waals surface area contributed by atoms with Crippen LogP contribution in [0, 0.1) is 10.1 Å². The van der Waals surface area contributed by atoms with Crippen LogP contribution in [-0.2, 0) is 6.54 Å². The van der Waals surface area contributed by atoms with Crippen LogP contribution in [0.2, 0.25) is 10.0 Å². The molecule has 0 bridgehead atoms. The number of amides is 1. The first-order valence-corrected chi connectivity index (χ1v) is 9.33. The number of rotatable bonds is 6. The molecule has 154 valence electrons. The van der Waals surface area contributed by atoms with Gasteiger partial charge in [0.1, 0.15) is 11.3 Å². The third-order valence-corrected chi connectivity index (χ3v) is 4.85. The van der Waals surface area contributed by atoms with E-state index >= 15 is 0 Å². The quantitative estimate of drug-likeness (QED) is 0.446. The Kier molecular flexibility index (Phi) is 6.39. The minimum atomic E-state index is -0.677. The van der Waals surface area contributed by atoms with Gasteiger partial charge in [0.2, 0.25) is 0 Å². The predicted octanol–water partition coefficient (Wildman–Crippen LogP) is 4.37. The molecular formula is C20H15Cl2N3O5. The third-order valence-electron chi connectivity index (χ3n) is 4.26. The normalized spacial score (nSPS) is 10.5. The van der Waals surface area contributed by atoms with Crippen molar-refractivity contribution in [3.63, 3.8) is 0 Å². The summed E-state index contributed by atoms with van der Waals surface area (Å²) in [6, 6.07) is 11.6. The highest BCUT2D eigenvalue weighted by Gasteiger charge is 2.17. The largest absolute Gasteiger partial charge is 0.494 e. The number of hydrogen-bond acceptors (Lipinski definition) is 5. The Hall–Kier alpha value is -3.36. The van der Waals surface area contributed by atoms with Crippen LogP contribution >= 0.6 is 23.2 Å². The second-order valence-electron chi connectivity index (χ2n) is 6.19. The van der Waals surface area contributed by atoms with Crippen LogP contribution in [0.25, 0.3) is 0 Å². The number of non-ortho nitro benzene ring substituents is 1. The maximum absolute atomic E-state index is 12.8. The van der Waals surface area contributed by atoms with Gasteiger partial charge in [-0.1, -0.05) is 29.3 Å². The van der Waals surface area contributed by atoms with Crippen molar-refractivity contribution in [3.8, 4) is 5.75 Å². The van der Waals surface area contributed by atoms with E-state index in [1.165, 1.54) is 42.1 Å². The number of carbonyl (C=O) groups excluding carboxylic acids is 1. The molecule has 0 fully saturated rings. The number of halogens is 2. The minimum Gasteiger partial charge on any atom is -0.494 e. The summed E-state index contributed by atoms with van der Waals surface area (Å²) in [6.07, 6.45) is 1.54. The van der Waals surface area contributed by atoms with Gasteiger partial charge in [0.25, 0.3) is 17.2 Å². The highest BCUT2D eigenvalue weighted by Crippen LogP contribution is 2.29. The average Bonchev–Trinajstić information content (AvgIpc) is 2.71. The summed E-state index contributed by atoms with van der Waals surface area (Å²) in [5, 5.41) is 14.3. The molecule has 0 saturated heterocycles. The van der Waals surface area contributed by atoms with Crippen LogP contribution in [0.1, 0.15) is 15.9 Å². The molecule has 0 aliphatic heterocycles. The van der Waals surface area contributed by atoms with Gasteiger partial charge in [-0.15, -0.1) is 0 Å². The van der Waals surface area contributed by atoms with Crippen molar-refractivity contribution in [2.75, 3.05) is 12.4 Å². The number of nitrogens with zero attached hydrogens (tertiary/aromatic N) is 2. The molecule has 1 aromatic heterocycles. The van der Waals surface area contributed by atoms with Crippen LogP contribution in [-0.4, -0.2) is 22.5 Å². The highest BCUT2D eigenvalue weighted by molar-refractivity contribution is 6.35. The molecule has 0 saturated carbocycles. The van der Waals surface area contributed by atoms with Gasteiger partial charge in [0.05, 0.1) is 30.3 Å². The van der Waals surface area contributed by atoms with Gasteiger partial charge in [-0.25, -0.2) is 0 Å². The third kappa shape index (κ3) is 4.61. The Morgan fingerprint density at radius 2 is 1.97 bits per heavy atom. The average molecular weight is 448 g/mol. The lowest BCUT2D eigenvalue weighted by molar-refractivity contribution is -0.384. The smallest absolute Gasteiger partial charge is 0.273 e. The number of hydrogen-bond donors (Lipinski definition) is 1. The molecule has 0 aliphatic carbocycles. The number of aromatic nitrogens is 1. The fraction of sp³-hybridized carbons (Fsp3) is 0.100. The SMILES string of the molecule is COc1cc([N+](=O)[O-])ccc1NC(=O)c1cccn(Cc2ccc(Cl)cc2Cl)c1=O. The Bertz CT molecular complexity index is 1190. The minimum absolute atomic E-state index is 0.0988. The van der Waals surface area contributed by atoms with E-state index in [4.69, 9.17) is 27.9 Å².